The van der Waals surface area contributed by atoms with Crippen LogP contribution in [0.3, 0.4) is 0 Å². The summed E-state index contributed by atoms with van der Waals surface area (Å²) in [5.74, 6) is 1.77. The van der Waals surface area contributed by atoms with E-state index in [0.29, 0.717) is 0 Å². The lowest BCUT2D eigenvalue weighted by molar-refractivity contribution is 0.466. The maximum Gasteiger partial charge on any atom is 0.326 e. The third kappa shape index (κ3) is 7.15. The van der Waals surface area contributed by atoms with Gasteiger partial charge in [-0.3, -0.25) is 0 Å². The van der Waals surface area contributed by atoms with E-state index >= 15 is 0 Å². The van der Waals surface area contributed by atoms with E-state index < -0.39 is 8.38 Å². The molecule has 4 aromatic rings. The van der Waals surface area contributed by atoms with E-state index in [2.05, 4.69) is 162 Å². The highest BCUT2D eigenvalue weighted by molar-refractivity contribution is 7.57. The van der Waals surface area contributed by atoms with Crippen LogP contribution in [0.25, 0.3) is 10.8 Å². The molecule has 0 N–H and O–H groups in total. The second-order valence-electron chi connectivity index (χ2n) is 15.4. The highest BCUT2D eigenvalue weighted by Crippen LogP contribution is 2.48. The fraction of sp³-hybridized carbons (Fsp3) is 0.421. The van der Waals surface area contributed by atoms with Crippen LogP contribution in [-0.2, 0) is 21.7 Å². The van der Waals surface area contributed by atoms with Crippen molar-refractivity contribution in [1.82, 2.24) is 0 Å². The second-order valence-corrected chi connectivity index (χ2v) is 16.7. The second kappa shape index (κ2) is 11.1. The molecule has 0 aliphatic carbocycles. The Morgan fingerprint density at radius 2 is 0.902 bits per heavy atom. The van der Waals surface area contributed by atoms with Gasteiger partial charge in [0.15, 0.2) is 0 Å². The van der Waals surface area contributed by atoms with Crippen LogP contribution >= 0.6 is 8.38 Å². The molecule has 0 unspecified atom stereocenters. The largest absolute Gasteiger partial charge is 0.435 e. The summed E-state index contributed by atoms with van der Waals surface area (Å²) in [7, 11) is -1.51. The van der Waals surface area contributed by atoms with E-state index in [1.807, 2.05) is 0 Å². The first-order chi connectivity index (χ1) is 18.9. The Balaban J connectivity index is 1.90. The zero-order valence-corrected chi connectivity index (χ0v) is 28.2. The molecule has 4 aromatic carbocycles. The summed E-state index contributed by atoms with van der Waals surface area (Å²) in [4.78, 5) is 0. The highest BCUT2D eigenvalue weighted by atomic mass is 31.2. The molecule has 0 aromatic heterocycles. The Labute approximate surface area is 250 Å². The normalized spacial score (nSPS) is 13.1. The Morgan fingerprint density at radius 3 is 1.34 bits per heavy atom. The molecule has 0 aliphatic heterocycles. The van der Waals surface area contributed by atoms with Gasteiger partial charge in [0.2, 0.25) is 0 Å². The molecule has 4 rings (SSSR count). The Kier molecular flexibility index (Phi) is 8.43. The van der Waals surface area contributed by atoms with E-state index in [0.717, 1.165) is 22.2 Å². The lowest BCUT2D eigenvalue weighted by atomic mass is 9.80. The zero-order chi connectivity index (χ0) is 30.4. The minimum absolute atomic E-state index is 0.0474. The minimum atomic E-state index is -1.51. The van der Waals surface area contributed by atoms with E-state index in [-0.39, 0.29) is 21.7 Å². The SMILES string of the molecule is CC(C)(C)c1ccc(OP(Oc2ccc(C(C)(C)C)cc2C(C)(C)C)c2cccc3ccccc23)c(C(C)(C)C)c1. The van der Waals surface area contributed by atoms with Crippen molar-refractivity contribution in [1.29, 1.82) is 0 Å². The minimum Gasteiger partial charge on any atom is -0.435 e. The lowest BCUT2D eigenvalue weighted by Gasteiger charge is -2.31. The third-order valence-electron chi connectivity index (χ3n) is 7.63. The molecule has 0 aliphatic rings. The molecule has 3 heteroatoms. The maximum absolute atomic E-state index is 7.05. The monoisotopic (exact) mass is 568 g/mol. The summed E-state index contributed by atoms with van der Waals surface area (Å²) in [6, 6.07) is 28.3. The molecular formula is C38H49O2P. The van der Waals surface area contributed by atoms with Gasteiger partial charge < -0.3 is 9.05 Å². The molecule has 0 heterocycles. The van der Waals surface area contributed by atoms with Crippen molar-refractivity contribution in [2.75, 3.05) is 0 Å². The number of rotatable bonds is 5. The Hall–Kier alpha value is -2.83. The summed E-state index contributed by atoms with van der Waals surface area (Å²) in [5.41, 5.74) is 4.90. The molecule has 41 heavy (non-hydrogen) atoms. The van der Waals surface area contributed by atoms with E-state index in [1.165, 1.54) is 27.6 Å². The van der Waals surface area contributed by atoms with Gasteiger partial charge in [0.1, 0.15) is 11.5 Å². The average molecular weight is 569 g/mol. The van der Waals surface area contributed by atoms with Gasteiger partial charge in [-0.15, -0.1) is 0 Å². The summed E-state index contributed by atoms with van der Waals surface area (Å²) >= 11 is 0. The molecule has 0 saturated heterocycles. The Bertz CT molecular complexity index is 1440. The van der Waals surface area contributed by atoms with Crippen LogP contribution in [-0.4, -0.2) is 0 Å². The average Bonchev–Trinajstić information content (AvgIpc) is 2.86. The van der Waals surface area contributed by atoms with Crippen molar-refractivity contribution >= 4 is 24.5 Å². The molecule has 0 saturated carbocycles. The summed E-state index contributed by atoms with van der Waals surface area (Å²) < 4.78 is 14.1. The first-order valence-corrected chi connectivity index (χ1v) is 16.0. The van der Waals surface area contributed by atoms with Crippen molar-refractivity contribution in [3.63, 3.8) is 0 Å². The molecule has 0 fully saturated rings. The molecule has 218 valence electrons. The van der Waals surface area contributed by atoms with Gasteiger partial charge in [0.25, 0.3) is 0 Å². The zero-order valence-electron chi connectivity index (χ0n) is 27.3. The van der Waals surface area contributed by atoms with Gasteiger partial charge in [-0.05, 0) is 61.8 Å². The Morgan fingerprint density at radius 1 is 0.463 bits per heavy atom. The highest BCUT2D eigenvalue weighted by Gasteiger charge is 2.30. The van der Waals surface area contributed by atoms with Crippen LogP contribution in [0.2, 0.25) is 0 Å². The van der Waals surface area contributed by atoms with Crippen molar-refractivity contribution < 1.29 is 9.05 Å². The van der Waals surface area contributed by atoms with Crippen molar-refractivity contribution in [2.24, 2.45) is 0 Å². The predicted octanol–water partition coefficient (Wildman–Crippen LogP) is 11.1. The predicted molar refractivity (Wildman–Crippen MR) is 179 cm³/mol. The van der Waals surface area contributed by atoms with Crippen LogP contribution < -0.4 is 14.4 Å². The number of hydrogen-bond acceptors (Lipinski definition) is 2. The fourth-order valence-electron chi connectivity index (χ4n) is 4.99. The number of fused-ring (bicyclic) bond motifs is 1. The molecule has 0 radical (unpaired) electrons. The van der Waals surface area contributed by atoms with E-state index in [9.17, 15) is 0 Å². The summed E-state index contributed by atoms with van der Waals surface area (Å²) in [6.07, 6.45) is 0. The standard InChI is InChI=1S/C38H49O2P/c1-35(2,3)27-20-22-32(30(24-27)37(7,8)9)39-41(34-19-15-17-26-16-13-14-18-29(26)34)40-33-23-21-28(36(4,5)6)25-31(33)38(10,11)12/h13-25H,1-12H3. The quantitative estimate of drug-likeness (QED) is 0.223. The molecule has 0 bridgehead atoms. The summed E-state index contributed by atoms with van der Waals surface area (Å²) in [5, 5.41) is 3.42. The first kappa shape index (κ1) is 31.1. The molecule has 0 atom stereocenters. The van der Waals surface area contributed by atoms with Crippen LogP contribution in [0.15, 0.2) is 78.9 Å². The summed E-state index contributed by atoms with van der Waals surface area (Å²) in [6.45, 7) is 27.1. The van der Waals surface area contributed by atoms with Crippen molar-refractivity contribution in [2.45, 2.75) is 105 Å². The van der Waals surface area contributed by atoms with Crippen LogP contribution in [0, 0.1) is 0 Å². The van der Waals surface area contributed by atoms with Gasteiger partial charge in [-0.1, -0.05) is 144 Å². The van der Waals surface area contributed by atoms with Gasteiger partial charge in [-0.25, -0.2) is 0 Å². The van der Waals surface area contributed by atoms with Gasteiger partial charge in [0, 0.05) is 11.1 Å². The molecule has 0 spiro atoms. The number of benzene rings is 4. The lowest BCUT2D eigenvalue weighted by Crippen LogP contribution is -2.20. The van der Waals surface area contributed by atoms with Gasteiger partial charge in [0.05, 0.1) is 5.30 Å². The van der Waals surface area contributed by atoms with Gasteiger partial charge >= 0.3 is 8.38 Å². The van der Waals surface area contributed by atoms with Gasteiger partial charge in [-0.2, -0.15) is 0 Å². The topological polar surface area (TPSA) is 18.5 Å². The third-order valence-corrected chi connectivity index (χ3v) is 9.14. The first-order valence-electron chi connectivity index (χ1n) is 14.8. The van der Waals surface area contributed by atoms with Crippen molar-refractivity contribution in [3.05, 3.63) is 101 Å². The number of hydrogen-bond donors (Lipinski definition) is 0. The molecule has 2 nitrogen and oxygen atoms in total. The van der Waals surface area contributed by atoms with Crippen LogP contribution in [0.5, 0.6) is 11.5 Å². The van der Waals surface area contributed by atoms with Crippen molar-refractivity contribution in [3.8, 4) is 11.5 Å². The molecule has 0 amide bonds. The van der Waals surface area contributed by atoms with Crippen LogP contribution in [0.4, 0.5) is 0 Å². The van der Waals surface area contributed by atoms with Crippen LogP contribution in [0.1, 0.15) is 105 Å². The molecular weight excluding hydrogens is 519 g/mol. The van der Waals surface area contributed by atoms with E-state index in [1.54, 1.807) is 0 Å². The smallest absolute Gasteiger partial charge is 0.326 e. The fourth-order valence-corrected chi connectivity index (χ4v) is 6.51. The van der Waals surface area contributed by atoms with E-state index in [4.69, 9.17) is 9.05 Å². The maximum atomic E-state index is 7.05.